The first kappa shape index (κ1) is 25.8. The van der Waals surface area contributed by atoms with Gasteiger partial charge in [0.15, 0.2) is 5.76 Å². The van der Waals surface area contributed by atoms with Gasteiger partial charge in [-0.2, -0.15) is 0 Å². The van der Waals surface area contributed by atoms with Gasteiger partial charge in [-0.15, -0.1) is 0 Å². The van der Waals surface area contributed by atoms with Gasteiger partial charge in [0.05, 0.1) is 19.5 Å². The minimum absolute atomic E-state index is 0.201. The molecule has 0 bridgehead atoms. The number of ether oxygens (including phenoxy) is 1. The summed E-state index contributed by atoms with van der Waals surface area (Å²) in [4.78, 5) is 14.3. The molecule has 7 heteroatoms. The number of halogens is 1. The fourth-order valence-corrected chi connectivity index (χ4v) is 4.31. The van der Waals surface area contributed by atoms with Gasteiger partial charge in [-0.05, 0) is 28.7 Å². The molecule has 36 heavy (non-hydrogen) atoms. The summed E-state index contributed by atoms with van der Waals surface area (Å²) in [5.41, 5.74) is 4.05. The Balaban J connectivity index is 1.37. The second kappa shape index (κ2) is 13.2. The monoisotopic (exact) mass is 492 g/mol. The molecule has 1 fully saturated rings. The number of nitrogens with one attached hydrogen (secondary N) is 1. The Kier molecular flexibility index (Phi) is 9.44. The largest absolute Gasteiger partial charge is 0.502 e. The average Bonchev–Trinajstić information content (AvgIpc) is 2.91. The molecule has 0 saturated carbocycles. The molecule has 1 atom stereocenters. The lowest BCUT2D eigenvalue weighted by Crippen LogP contribution is -2.35. The zero-order chi connectivity index (χ0) is 25.2. The van der Waals surface area contributed by atoms with E-state index in [1.54, 1.807) is 0 Å². The normalized spacial score (nSPS) is 15.4. The summed E-state index contributed by atoms with van der Waals surface area (Å²) in [6.07, 6.45) is 5.98. The topological polar surface area (TPSA) is 74.9 Å². The number of nitrogens with zero attached hydrogens (tertiary/aromatic N) is 1. The molecule has 0 amide bonds. The molecule has 1 saturated heterocycles. The van der Waals surface area contributed by atoms with Crippen molar-refractivity contribution in [2.45, 2.75) is 18.9 Å². The van der Waals surface area contributed by atoms with E-state index in [1.807, 2.05) is 24.3 Å². The number of aromatic hydroxyl groups is 1. The van der Waals surface area contributed by atoms with Crippen molar-refractivity contribution in [1.29, 1.82) is 0 Å². The predicted octanol–water partition coefficient (Wildman–Crippen LogP) is 4.23. The second-order valence-corrected chi connectivity index (χ2v) is 9.00. The van der Waals surface area contributed by atoms with Gasteiger partial charge in [0, 0.05) is 44.7 Å². The molecule has 6 nitrogen and oxygen atoms in total. The van der Waals surface area contributed by atoms with E-state index in [2.05, 4.69) is 46.6 Å². The van der Waals surface area contributed by atoms with Gasteiger partial charge in [-0.1, -0.05) is 60.7 Å². The third kappa shape index (κ3) is 7.37. The van der Waals surface area contributed by atoms with E-state index in [1.165, 1.54) is 17.9 Å². The highest BCUT2D eigenvalue weighted by atomic mass is 19.1. The van der Waals surface area contributed by atoms with Crippen LogP contribution in [0.1, 0.15) is 33.9 Å². The molecule has 2 aromatic carbocycles. The van der Waals surface area contributed by atoms with Crippen LogP contribution >= 0.6 is 0 Å². The first-order chi connectivity index (χ1) is 17.6. The van der Waals surface area contributed by atoms with Crippen molar-refractivity contribution in [1.82, 2.24) is 10.2 Å². The molecular weight excluding hydrogens is 459 g/mol. The molecule has 0 spiro atoms. The number of alkyl halides is 1. The summed E-state index contributed by atoms with van der Waals surface area (Å²) in [7, 11) is 0. The number of hydrogen-bond acceptors (Lipinski definition) is 6. The fraction of sp³-hybridized carbons (Fsp3) is 0.345. The Morgan fingerprint density at radius 3 is 2.25 bits per heavy atom. The molecule has 2 N–H and O–H groups in total. The van der Waals surface area contributed by atoms with E-state index in [-0.39, 0.29) is 24.0 Å². The van der Waals surface area contributed by atoms with Gasteiger partial charge < -0.3 is 19.6 Å². The minimum Gasteiger partial charge on any atom is -0.502 e. The van der Waals surface area contributed by atoms with E-state index in [4.69, 9.17) is 9.15 Å². The zero-order valence-corrected chi connectivity index (χ0v) is 20.4. The second-order valence-electron chi connectivity index (χ2n) is 9.00. The Bertz CT molecular complexity index is 1170. The molecule has 1 aliphatic rings. The molecule has 3 aromatic rings. The number of hydrogen-bond donors (Lipinski definition) is 2. The van der Waals surface area contributed by atoms with Gasteiger partial charge in [-0.25, -0.2) is 4.39 Å². The maximum Gasteiger partial charge on any atom is 0.226 e. The van der Waals surface area contributed by atoms with Crippen LogP contribution in [0, 0.1) is 0 Å². The maximum absolute atomic E-state index is 12.6. The lowest BCUT2D eigenvalue weighted by atomic mass is 9.95. The summed E-state index contributed by atoms with van der Waals surface area (Å²) in [5, 5.41) is 13.2. The molecule has 4 rings (SSSR count). The predicted molar refractivity (Wildman–Crippen MR) is 140 cm³/mol. The summed E-state index contributed by atoms with van der Waals surface area (Å²) in [6, 6.07) is 17.9. The van der Waals surface area contributed by atoms with Crippen LogP contribution in [0.25, 0.3) is 12.2 Å². The van der Waals surface area contributed by atoms with Gasteiger partial charge in [0.2, 0.25) is 11.2 Å². The third-order valence-electron chi connectivity index (χ3n) is 6.33. The Hall–Kier alpha value is -3.26. The van der Waals surface area contributed by atoms with E-state index in [9.17, 15) is 14.3 Å². The summed E-state index contributed by atoms with van der Waals surface area (Å²) in [6.45, 7) is 4.61. The van der Waals surface area contributed by atoms with Crippen molar-refractivity contribution in [3.8, 4) is 5.75 Å². The standard InChI is InChI=1S/C29H33FN2O4/c30-12-13-31-20-26(29-28(34)27(33)11-16-36-29)19-24-7-3-22(4-8-24)1-2-23-5-9-25(10-6-23)21-32-14-17-35-18-15-32/h1-11,16,26,31,34H,12-15,17-21H2. The number of rotatable bonds is 11. The van der Waals surface area contributed by atoms with Crippen molar-refractivity contribution >= 4 is 12.2 Å². The quantitative estimate of drug-likeness (QED) is 0.308. The van der Waals surface area contributed by atoms with Crippen LogP contribution in [0.4, 0.5) is 4.39 Å². The summed E-state index contributed by atoms with van der Waals surface area (Å²) < 4.78 is 23.5. The first-order valence-corrected chi connectivity index (χ1v) is 12.4. The van der Waals surface area contributed by atoms with Crippen LogP contribution < -0.4 is 10.7 Å². The van der Waals surface area contributed by atoms with E-state index in [0.717, 1.165) is 49.5 Å². The molecule has 2 heterocycles. The highest BCUT2D eigenvalue weighted by Crippen LogP contribution is 2.26. The van der Waals surface area contributed by atoms with Gasteiger partial charge in [0.1, 0.15) is 6.67 Å². The first-order valence-electron chi connectivity index (χ1n) is 12.4. The molecule has 1 unspecified atom stereocenters. The van der Waals surface area contributed by atoms with Crippen molar-refractivity contribution in [3.63, 3.8) is 0 Å². The van der Waals surface area contributed by atoms with Gasteiger partial charge >= 0.3 is 0 Å². The average molecular weight is 493 g/mol. The molecule has 1 aliphatic heterocycles. The molecule has 1 aromatic heterocycles. The maximum atomic E-state index is 12.6. The Morgan fingerprint density at radius 1 is 0.972 bits per heavy atom. The molecule has 190 valence electrons. The van der Waals surface area contributed by atoms with E-state index >= 15 is 0 Å². The highest BCUT2D eigenvalue weighted by molar-refractivity contribution is 5.69. The number of benzene rings is 2. The van der Waals surface area contributed by atoms with E-state index in [0.29, 0.717) is 13.0 Å². The van der Waals surface area contributed by atoms with Crippen LogP contribution in [-0.2, 0) is 17.7 Å². The lowest BCUT2D eigenvalue weighted by Gasteiger charge is -2.26. The number of morpholine rings is 1. The van der Waals surface area contributed by atoms with Crippen molar-refractivity contribution < 1.29 is 18.7 Å². The highest BCUT2D eigenvalue weighted by Gasteiger charge is 2.20. The van der Waals surface area contributed by atoms with Gasteiger partial charge in [0.25, 0.3) is 0 Å². The van der Waals surface area contributed by atoms with Crippen LogP contribution in [-0.4, -0.2) is 56.1 Å². The fourth-order valence-electron chi connectivity index (χ4n) is 4.31. The zero-order valence-electron chi connectivity index (χ0n) is 20.4. The van der Waals surface area contributed by atoms with E-state index < -0.39 is 12.1 Å². The van der Waals surface area contributed by atoms with Crippen molar-refractivity contribution in [2.75, 3.05) is 46.1 Å². The van der Waals surface area contributed by atoms with Gasteiger partial charge in [-0.3, -0.25) is 9.69 Å². The summed E-state index contributed by atoms with van der Waals surface area (Å²) >= 11 is 0. The minimum atomic E-state index is -0.491. The van der Waals surface area contributed by atoms with Crippen LogP contribution in [0.15, 0.2) is 70.1 Å². The third-order valence-corrected chi connectivity index (χ3v) is 6.33. The Labute approximate surface area is 211 Å². The summed E-state index contributed by atoms with van der Waals surface area (Å²) in [5.74, 6) is -0.474. The lowest BCUT2D eigenvalue weighted by molar-refractivity contribution is 0.0342. The van der Waals surface area contributed by atoms with Crippen LogP contribution in [0.5, 0.6) is 5.75 Å². The SMILES string of the molecule is O=c1ccoc(C(CNCCF)Cc2ccc(C=Cc3ccc(CN4CCOCC4)cc3)cc2)c1O. The molecule has 0 radical (unpaired) electrons. The molecular formula is C29H33FN2O4. The molecule has 0 aliphatic carbocycles. The van der Waals surface area contributed by atoms with Crippen molar-refractivity contribution in [3.05, 3.63) is 99.1 Å². The van der Waals surface area contributed by atoms with Crippen molar-refractivity contribution in [2.24, 2.45) is 0 Å². The van der Waals surface area contributed by atoms with Crippen LogP contribution in [0.3, 0.4) is 0 Å². The smallest absolute Gasteiger partial charge is 0.226 e. The Morgan fingerprint density at radius 2 is 1.61 bits per heavy atom. The van der Waals surface area contributed by atoms with Crippen LogP contribution in [0.2, 0.25) is 0 Å².